The molecule has 8 heteroatoms. The molecule has 0 unspecified atom stereocenters. The Hall–Kier alpha value is -2.38. The Bertz CT molecular complexity index is 809. The molecule has 0 spiro atoms. The van der Waals surface area contributed by atoms with Crippen molar-refractivity contribution in [3.63, 3.8) is 0 Å². The molecule has 2 aromatic carbocycles. The van der Waals surface area contributed by atoms with Gasteiger partial charge in [-0.15, -0.1) is 0 Å². The number of hydrogen-bond donors (Lipinski definition) is 2. The molecule has 2 amide bonds. The molecule has 0 fully saturated rings. The van der Waals surface area contributed by atoms with Gasteiger partial charge < -0.3 is 15.4 Å². The van der Waals surface area contributed by atoms with Crippen LogP contribution in [0.3, 0.4) is 0 Å². The number of ether oxygens (including phenoxy) is 1. The first-order valence-electron chi connectivity index (χ1n) is 7.15. The van der Waals surface area contributed by atoms with Crippen molar-refractivity contribution in [3.8, 4) is 0 Å². The maximum Gasteiger partial charge on any atom is 0.338 e. The molecule has 2 N–H and O–H groups in total. The van der Waals surface area contributed by atoms with E-state index in [1.165, 1.54) is 19.1 Å². The van der Waals surface area contributed by atoms with E-state index in [0.29, 0.717) is 20.9 Å². The molecule has 0 radical (unpaired) electrons. The van der Waals surface area contributed by atoms with Crippen LogP contribution in [0.2, 0.25) is 5.02 Å². The van der Waals surface area contributed by atoms with Crippen LogP contribution >= 0.6 is 27.5 Å². The normalized spacial score (nSPS) is 10.0. The standard InChI is InChI=1S/C17H14BrClN2O4/c1-10(22)20-12-4-2-11(3-5-12)17(24)25-9-16(23)21-13-6-7-14(18)15(19)8-13/h2-8H,9H2,1H3,(H,20,22)(H,21,23). The average molecular weight is 426 g/mol. The van der Waals surface area contributed by atoms with Gasteiger partial charge in [-0.05, 0) is 58.4 Å². The number of hydrogen-bond acceptors (Lipinski definition) is 4. The van der Waals surface area contributed by atoms with Gasteiger partial charge in [-0.3, -0.25) is 9.59 Å². The molecule has 25 heavy (non-hydrogen) atoms. The molecule has 0 saturated heterocycles. The Kier molecular flexibility index (Phi) is 6.55. The largest absolute Gasteiger partial charge is 0.452 e. The Morgan fingerprint density at radius 1 is 1.04 bits per heavy atom. The first-order valence-corrected chi connectivity index (χ1v) is 8.32. The molecule has 130 valence electrons. The van der Waals surface area contributed by atoms with Gasteiger partial charge in [0, 0.05) is 22.8 Å². The fourth-order valence-corrected chi connectivity index (χ4v) is 2.31. The lowest BCUT2D eigenvalue weighted by Gasteiger charge is -2.08. The van der Waals surface area contributed by atoms with E-state index in [1.54, 1.807) is 30.3 Å². The maximum absolute atomic E-state index is 11.9. The molecule has 6 nitrogen and oxygen atoms in total. The third-order valence-electron chi connectivity index (χ3n) is 2.98. The van der Waals surface area contributed by atoms with E-state index in [0.717, 1.165) is 0 Å². The number of rotatable bonds is 5. The quantitative estimate of drug-likeness (QED) is 0.713. The fraction of sp³-hybridized carbons (Fsp3) is 0.118. The van der Waals surface area contributed by atoms with Gasteiger partial charge >= 0.3 is 5.97 Å². The van der Waals surface area contributed by atoms with Crippen LogP contribution < -0.4 is 10.6 Å². The lowest BCUT2D eigenvalue weighted by atomic mass is 10.2. The Labute approximate surface area is 157 Å². The number of anilines is 2. The molecule has 0 saturated carbocycles. The van der Waals surface area contributed by atoms with Crippen LogP contribution in [0, 0.1) is 0 Å². The Morgan fingerprint density at radius 3 is 2.28 bits per heavy atom. The van der Waals surface area contributed by atoms with Crippen molar-refractivity contribution in [2.75, 3.05) is 17.2 Å². The van der Waals surface area contributed by atoms with E-state index in [4.69, 9.17) is 16.3 Å². The minimum absolute atomic E-state index is 0.208. The SMILES string of the molecule is CC(=O)Nc1ccc(C(=O)OCC(=O)Nc2ccc(Br)c(Cl)c2)cc1. The van der Waals surface area contributed by atoms with E-state index in [1.807, 2.05) is 0 Å². The zero-order valence-electron chi connectivity index (χ0n) is 13.1. The van der Waals surface area contributed by atoms with Gasteiger partial charge in [-0.2, -0.15) is 0 Å². The maximum atomic E-state index is 11.9. The summed E-state index contributed by atoms with van der Waals surface area (Å²) in [5.74, 6) is -1.33. The molecule has 0 heterocycles. The Morgan fingerprint density at radius 2 is 1.68 bits per heavy atom. The van der Waals surface area contributed by atoms with Gasteiger partial charge in [0.1, 0.15) is 0 Å². The number of benzene rings is 2. The third kappa shape index (κ3) is 5.88. The molecule has 0 aromatic heterocycles. The smallest absolute Gasteiger partial charge is 0.338 e. The second kappa shape index (κ2) is 8.64. The molecule has 0 bridgehead atoms. The second-order valence-corrected chi connectivity index (χ2v) is 6.27. The number of esters is 1. The molecule has 2 rings (SSSR count). The van der Waals surface area contributed by atoms with Crippen LogP contribution in [0.4, 0.5) is 11.4 Å². The van der Waals surface area contributed by atoms with Gasteiger partial charge in [-0.25, -0.2) is 4.79 Å². The molecule has 0 aliphatic rings. The highest BCUT2D eigenvalue weighted by atomic mass is 79.9. The van der Waals surface area contributed by atoms with E-state index in [-0.39, 0.29) is 11.5 Å². The number of carbonyl (C=O) groups excluding carboxylic acids is 3. The first kappa shape index (κ1) is 19.0. The van der Waals surface area contributed by atoms with Crippen molar-refractivity contribution in [1.82, 2.24) is 0 Å². The van der Waals surface area contributed by atoms with Crippen LogP contribution in [0.1, 0.15) is 17.3 Å². The van der Waals surface area contributed by atoms with E-state index in [2.05, 4.69) is 26.6 Å². The van der Waals surface area contributed by atoms with E-state index in [9.17, 15) is 14.4 Å². The molecule has 2 aromatic rings. The third-order valence-corrected chi connectivity index (χ3v) is 4.21. The number of carbonyl (C=O) groups is 3. The predicted octanol–water partition coefficient (Wildman–Crippen LogP) is 3.86. The Balaban J connectivity index is 1.87. The second-order valence-electron chi connectivity index (χ2n) is 5.01. The minimum atomic E-state index is -0.640. The summed E-state index contributed by atoms with van der Waals surface area (Å²) in [6.07, 6.45) is 0. The van der Waals surface area contributed by atoms with Gasteiger partial charge in [-0.1, -0.05) is 11.6 Å². The van der Waals surface area contributed by atoms with Crippen LogP contribution in [0.15, 0.2) is 46.9 Å². The predicted molar refractivity (Wildman–Crippen MR) is 98.8 cm³/mol. The summed E-state index contributed by atoms with van der Waals surface area (Å²) < 4.78 is 5.67. The lowest BCUT2D eigenvalue weighted by Crippen LogP contribution is -2.21. The summed E-state index contributed by atoms with van der Waals surface area (Å²) in [7, 11) is 0. The van der Waals surface area contributed by atoms with Crippen molar-refractivity contribution >= 4 is 56.7 Å². The number of nitrogens with one attached hydrogen (secondary N) is 2. The molecule has 0 aliphatic carbocycles. The van der Waals surface area contributed by atoms with Crippen molar-refractivity contribution in [2.45, 2.75) is 6.92 Å². The highest BCUT2D eigenvalue weighted by molar-refractivity contribution is 9.10. The number of amides is 2. The van der Waals surface area contributed by atoms with Crippen molar-refractivity contribution in [1.29, 1.82) is 0 Å². The zero-order chi connectivity index (χ0) is 18.4. The van der Waals surface area contributed by atoms with Crippen molar-refractivity contribution in [3.05, 3.63) is 57.5 Å². The van der Waals surface area contributed by atoms with Crippen molar-refractivity contribution < 1.29 is 19.1 Å². The average Bonchev–Trinajstić information content (AvgIpc) is 2.56. The van der Waals surface area contributed by atoms with E-state index < -0.39 is 18.5 Å². The minimum Gasteiger partial charge on any atom is -0.452 e. The van der Waals surface area contributed by atoms with Crippen LogP contribution in [0.25, 0.3) is 0 Å². The van der Waals surface area contributed by atoms with Crippen LogP contribution in [-0.2, 0) is 14.3 Å². The monoisotopic (exact) mass is 424 g/mol. The highest BCUT2D eigenvalue weighted by Crippen LogP contribution is 2.25. The summed E-state index contributed by atoms with van der Waals surface area (Å²) >= 11 is 9.19. The lowest BCUT2D eigenvalue weighted by molar-refractivity contribution is -0.119. The van der Waals surface area contributed by atoms with Crippen molar-refractivity contribution in [2.24, 2.45) is 0 Å². The topological polar surface area (TPSA) is 84.5 Å². The summed E-state index contributed by atoms with van der Waals surface area (Å²) in [6.45, 7) is 0.958. The zero-order valence-corrected chi connectivity index (χ0v) is 15.5. The molecular formula is C17H14BrClN2O4. The van der Waals surface area contributed by atoms with Gasteiger partial charge in [0.2, 0.25) is 5.91 Å². The van der Waals surface area contributed by atoms with Crippen LogP contribution in [0.5, 0.6) is 0 Å². The fourth-order valence-electron chi connectivity index (χ4n) is 1.88. The number of halogens is 2. The summed E-state index contributed by atoms with van der Waals surface area (Å²) in [5, 5.41) is 5.62. The molecular weight excluding hydrogens is 412 g/mol. The highest BCUT2D eigenvalue weighted by Gasteiger charge is 2.11. The molecule has 0 atom stereocenters. The van der Waals surface area contributed by atoms with Crippen LogP contribution in [-0.4, -0.2) is 24.4 Å². The summed E-state index contributed by atoms with van der Waals surface area (Å²) in [6, 6.07) is 11.1. The molecule has 0 aliphatic heterocycles. The summed E-state index contributed by atoms with van der Waals surface area (Å²) in [4.78, 5) is 34.7. The van der Waals surface area contributed by atoms with Gasteiger partial charge in [0.15, 0.2) is 6.61 Å². The van der Waals surface area contributed by atoms with E-state index >= 15 is 0 Å². The van der Waals surface area contributed by atoms with Gasteiger partial charge in [0.25, 0.3) is 5.91 Å². The first-order chi connectivity index (χ1) is 11.8. The van der Waals surface area contributed by atoms with Gasteiger partial charge in [0.05, 0.1) is 10.6 Å². The summed E-state index contributed by atoms with van der Waals surface area (Å²) in [5.41, 5.74) is 1.33.